The van der Waals surface area contributed by atoms with Crippen molar-refractivity contribution in [2.24, 2.45) is 5.73 Å². The first-order chi connectivity index (χ1) is 4.47. The molecule has 0 amide bonds. The quantitative estimate of drug-likeness (QED) is 0.612. The molecular formula is C7H16ClNO2. The highest BCUT2D eigenvalue weighted by atomic mass is 35.5. The van der Waals surface area contributed by atoms with Crippen molar-refractivity contribution in [1.29, 1.82) is 0 Å². The smallest absolute Gasteiger partial charge is 0.0677 e. The van der Waals surface area contributed by atoms with Crippen LogP contribution in [0.3, 0.4) is 0 Å². The Bertz CT molecular complexity index is 140. The van der Waals surface area contributed by atoms with E-state index in [9.17, 15) is 0 Å². The Hall–Kier alpha value is 0.170. The maximum absolute atomic E-state index is 8.85. The summed E-state index contributed by atoms with van der Waals surface area (Å²) in [6.45, 7) is 4.45. The van der Waals surface area contributed by atoms with Crippen LogP contribution in [0.5, 0.6) is 0 Å². The Kier molecular flexibility index (Phi) is 3.32. The summed E-state index contributed by atoms with van der Waals surface area (Å²) in [5, 5.41) is 8.85. The Balaban J connectivity index is 0.000001000. The molecule has 11 heavy (non-hydrogen) atoms. The van der Waals surface area contributed by atoms with E-state index in [2.05, 4.69) is 0 Å². The maximum atomic E-state index is 8.85. The van der Waals surface area contributed by atoms with Crippen LogP contribution in [0.15, 0.2) is 0 Å². The van der Waals surface area contributed by atoms with Crippen LogP contribution in [-0.4, -0.2) is 29.5 Å². The van der Waals surface area contributed by atoms with E-state index < -0.39 is 5.54 Å². The Morgan fingerprint density at radius 2 is 2.09 bits per heavy atom. The van der Waals surface area contributed by atoms with Gasteiger partial charge in [0.2, 0.25) is 0 Å². The molecule has 0 aromatic carbocycles. The van der Waals surface area contributed by atoms with Gasteiger partial charge in [-0.1, -0.05) is 0 Å². The molecule has 1 saturated heterocycles. The highest BCUT2D eigenvalue weighted by molar-refractivity contribution is 5.85. The number of hydrogen-bond donors (Lipinski definition) is 2. The van der Waals surface area contributed by atoms with Crippen LogP contribution >= 0.6 is 12.4 Å². The summed E-state index contributed by atoms with van der Waals surface area (Å²) in [5.74, 6) is 0. The van der Waals surface area contributed by atoms with Crippen molar-refractivity contribution in [3.8, 4) is 0 Å². The van der Waals surface area contributed by atoms with Gasteiger partial charge in [-0.2, -0.15) is 0 Å². The van der Waals surface area contributed by atoms with Crippen LogP contribution in [0.4, 0.5) is 0 Å². The van der Waals surface area contributed by atoms with Crippen molar-refractivity contribution in [1.82, 2.24) is 0 Å². The topological polar surface area (TPSA) is 55.5 Å². The third kappa shape index (κ3) is 2.60. The summed E-state index contributed by atoms with van der Waals surface area (Å²) < 4.78 is 5.36. The SMILES string of the molecule is CC1(C)CC(N)(CO)CO1.Cl. The average molecular weight is 182 g/mol. The van der Waals surface area contributed by atoms with E-state index in [-0.39, 0.29) is 24.6 Å². The number of hydrogen-bond acceptors (Lipinski definition) is 3. The first-order valence-corrected chi connectivity index (χ1v) is 3.51. The summed E-state index contributed by atoms with van der Waals surface area (Å²) in [4.78, 5) is 0. The van der Waals surface area contributed by atoms with E-state index in [4.69, 9.17) is 15.6 Å². The van der Waals surface area contributed by atoms with E-state index in [0.29, 0.717) is 6.61 Å². The summed E-state index contributed by atoms with van der Waals surface area (Å²) in [7, 11) is 0. The van der Waals surface area contributed by atoms with Crippen molar-refractivity contribution in [2.45, 2.75) is 31.4 Å². The molecule has 0 aromatic rings. The Morgan fingerprint density at radius 3 is 2.27 bits per heavy atom. The van der Waals surface area contributed by atoms with Crippen LogP contribution in [0.1, 0.15) is 20.3 Å². The fourth-order valence-corrected chi connectivity index (χ4v) is 1.39. The average Bonchev–Trinajstić information content (AvgIpc) is 2.08. The third-order valence-electron chi connectivity index (χ3n) is 1.84. The zero-order chi connectivity index (χ0) is 7.83. The van der Waals surface area contributed by atoms with Crippen LogP contribution in [-0.2, 0) is 4.74 Å². The fraction of sp³-hybridized carbons (Fsp3) is 1.00. The molecular weight excluding hydrogens is 166 g/mol. The van der Waals surface area contributed by atoms with E-state index in [1.165, 1.54) is 0 Å². The molecule has 1 rings (SSSR count). The lowest BCUT2D eigenvalue weighted by molar-refractivity contribution is 0.0324. The van der Waals surface area contributed by atoms with E-state index in [0.717, 1.165) is 6.42 Å². The van der Waals surface area contributed by atoms with Gasteiger partial charge in [0.1, 0.15) is 0 Å². The minimum atomic E-state index is -0.497. The molecule has 68 valence electrons. The summed E-state index contributed by atoms with van der Waals surface area (Å²) in [5.41, 5.74) is 5.11. The monoisotopic (exact) mass is 181 g/mol. The lowest BCUT2D eigenvalue weighted by Gasteiger charge is -2.20. The van der Waals surface area contributed by atoms with Gasteiger partial charge in [-0.15, -0.1) is 12.4 Å². The molecule has 1 unspecified atom stereocenters. The highest BCUT2D eigenvalue weighted by Gasteiger charge is 2.40. The summed E-state index contributed by atoms with van der Waals surface area (Å²) in [6, 6.07) is 0. The van der Waals surface area contributed by atoms with Crippen LogP contribution < -0.4 is 5.73 Å². The molecule has 1 aliphatic heterocycles. The molecule has 0 radical (unpaired) electrons. The predicted octanol–water partition coefficient (Wildman–Crippen LogP) is 0.297. The molecule has 0 spiro atoms. The summed E-state index contributed by atoms with van der Waals surface area (Å²) in [6.07, 6.45) is 0.733. The first kappa shape index (κ1) is 11.2. The number of halogens is 1. The Morgan fingerprint density at radius 1 is 1.55 bits per heavy atom. The number of aliphatic hydroxyl groups is 1. The van der Waals surface area contributed by atoms with Gasteiger partial charge in [-0.05, 0) is 20.3 Å². The van der Waals surface area contributed by atoms with Gasteiger partial charge >= 0.3 is 0 Å². The predicted molar refractivity (Wildman–Crippen MR) is 45.9 cm³/mol. The van der Waals surface area contributed by atoms with Crippen molar-refractivity contribution in [2.75, 3.05) is 13.2 Å². The molecule has 1 heterocycles. The molecule has 3 nitrogen and oxygen atoms in total. The number of rotatable bonds is 1. The van der Waals surface area contributed by atoms with E-state index >= 15 is 0 Å². The lowest BCUT2D eigenvalue weighted by Crippen LogP contribution is -2.44. The van der Waals surface area contributed by atoms with Crippen molar-refractivity contribution >= 4 is 12.4 Å². The Labute approximate surface area is 73.3 Å². The number of nitrogens with two attached hydrogens (primary N) is 1. The lowest BCUT2D eigenvalue weighted by atomic mass is 9.92. The van der Waals surface area contributed by atoms with E-state index in [1.54, 1.807) is 0 Å². The molecule has 1 aliphatic rings. The van der Waals surface area contributed by atoms with Gasteiger partial charge in [-0.3, -0.25) is 0 Å². The minimum absolute atomic E-state index is 0. The molecule has 1 fully saturated rings. The maximum Gasteiger partial charge on any atom is 0.0677 e. The molecule has 0 saturated carbocycles. The van der Waals surface area contributed by atoms with Gasteiger partial charge in [0.25, 0.3) is 0 Å². The third-order valence-corrected chi connectivity index (χ3v) is 1.84. The molecule has 0 bridgehead atoms. The zero-order valence-corrected chi connectivity index (χ0v) is 7.78. The van der Waals surface area contributed by atoms with Gasteiger partial charge in [0, 0.05) is 0 Å². The number of ether oxygens (including phenoxy) is 1. The van der Waals surface area contributed by atoms with Crippen molar-refractivity contribution < 1.29 is 9.84 Å². The molecule has 0 aromatic heterocycles. The van der Waals surface area contributed by atoms with Gasteiger partial charge in [0.15, 0.2) is 0 Å². The molecule has 3 N–H and O–H groups in total. The van der Waals surface area contributed by atoms with Crippen LogP contribution in [0, 0.1) is 0 Å². The second-order valence-electron chi connectivity index (χ2n) is 3.75. The highest BCUT2D eigenvalue weighted by Crippen LogP contribution is 2.29. The van der Waals surface area contributed by atoms with Gasteiger partial charge < -0.3 is 15.6 Å². The minimum Gasteiger partial charge on any atom is -0.394 e. The first-order valence-electron chi connectivity index (χ1n) is 3.51. The van der Waals surface area contributed by atoms with E-state index in [1.807, 2.05) is 13.8 Å². The molecule has 1 atom stereocenters. The largest absolute Gasteiger partial charge is 0.394 e. The molecule has 4 heteroatoms. The second kappa shape index (κ2) is 3.27. The van der Waals surface area contributed by atoms with Gasteiger partial charge in [0.05, 0.1) is 24.4 Å². The second-order valence-corrected chi connectivity index (χ2v) is 3.75. The molecule has 0 aliphatic carbocycles. The van der Waals surface area contributed by atoms with Crippen molar-refractivity contribution in [3.05, 3.63) is 0 Å². The van der Waals surface area contributed by atoms with Crippen molar-refractivity contribution in [3.63, 3.8) is 0 Å². The normalized spacial score (nSPS) is 34.9. The zero-order valence-electron chi connectivity index (χ0n) is 6.96. The fourth-order valence-electron chi connectivity index (χ4n) is 1.39. The van der Waals surface area contributed by atoms with Crippen LogP contribution in [0.25, 0.3) is 0 Å². The van der Waals surface area contributed by atoms with Gasteiger partial charge in [-0.25, -0.2) is 0 Å². The standard InChI is InChI=1S/C7H15NO2.ClH/c1-6(2)3-7(8,4-9)5-10-6;/h9H,3-5,8H2,1-2H3;1H. The number of aliphatic hydroxyl groups excluding tert-OH is 1. The summed E-state index contributed by atoms with van der Waals surface area (Å²) >= 11 is 0. The van der Waals surface area contributed by atoms with Crippen LogP contribution in [0.2, 0.25) is 0 Å².